The van der Waals surface area contributed by atoms with Gasteiger partial charge in [-0.25, -0.2) is 0 Å². The van der Waals surface area contributed by atoms with Crippen LogP contribution in [0.1, 0.15) is 11.0 Å². The molecule has 0 aliphatic heterocycles. The van der Waals surface area contributed by atoms with Gasteiger partial charge in [-0.05, 0) is 16.6 Å². The molecule has 0 N–H and O–H groups in total. The maximum Gasteiger partial charge on any atom is 0.144 e. The lowest BCUT2D eigenvalue weighted by Crippen LogP contribution is -2.07. The van der Waals surface area contributed by atoms with E-state index in [0.29, 0.717) is 5.56 Å². The van der Waals surface area contributed by atoms with E-state index in [9.17, 15) is 8.76 Å². The van der Waals surface area contributed by atoms with E-state index in [1.807, 2.05) is 6.07 Å². The van der Waals surface area contributed by atoms with Crippen LogP contribution in [-0.2, 0) is 15.8 Å². The average Bonchev–Trinajstić information content (AvgIpc) is 2.07. The van der Waals surface area contributed by atoms with Crippen LogP contribution >= 0.6 is 0 Å². The van der Waals surface area contributed by atoms with E-state index in [-0.39, 0.29) is 0 Å². The number of ether oxygens (including phenoxy) is 1. The molecule has 0 bridgehead atoms. The Balaban J connectivity index is 2.88. The average molecular weight is 185 g/mol. The molecule has 0 radical (unpaired) electrons. The lowest BCUT2D eigenvalue weighted by atomic mass is 10.2. The Kier molecular flexibility index (Phi) is 3.40. The van der Waals surface area contributed by atoms with Crippen LogP contribution in [0.25, 0.3) is 0 Å². The number of hydrogen-bond donors (Lipinski definition) is 0. The van der Waals surface area contributed by atoms with Gasteiger partial charge < -0.3 is 9.29 Å². The van der Waals surface area contributed by atoms with Crippen molar-refractivity contribution in [3.05, 3.63) is 35.9 Å². The predicted octanol–water partition coefficient (Wildman–Crippen LogP) is 1.21. The molecule has 0 spiro atoms. The third-order valence-corrected chi connectivity index (χ3v) is 2.27. The molecule has 0 aliphatic rings. The van der Waals surface area contributed by atoms with Crippen molar-refractivity contribution in [3.63, 3.8) is 0 Å². The molecule has 2 atom stereocenters. The first kappa shape index (κ1) is 9.38. The monoisotopic (exact) mass is 185 g/mol. The van der Waals surface area contributed by atoms with Crippen LogP contribution in [0.3, 0.4) is 0 Å². The van der Waals surface area contributed by atoms with E-state index < -0.39 is 16.5 Å². The lowest BCUT2D eigenvalue weighted by Gasteiger charge is -2.17. The molecule has 4 heteroatoms. The second kappa shape index (κ2) is 4.35. The maximum atomic E-state index is 10.6. The predicted molar refractivity (Wildman–Crippen MR) is 45.1 cm³/mol. The van der Waals surface area contributed by atoms with Crippen LogP contribution < -0.4 is 0 Å². The van der Waals surface area contributed by atoms with Gasteiger partial charge in [-0.2, -0.15) is 0 Å². The summed E-state index contributed by atoms with van der Waals surface area (Å²) in [5.41, 5.74) is -0.209. The van der Waals surface area contributed by atoms with Crippen LogP contribution in [-0.4, -0.2) is 15.9 Å². The zero-order valence-corrected chi connectivity index (χ0v) is 7.41. The van der Waals surface area contributed by atoms with Crippen molar-refractivity contribution in [2.75, 3.05) is 7.11 Å². The van der Waals surface area contributed by atoms with Gasteiger partial charge in [0.05, 0.1) is 0 Å². The normalized spacial score (nSPS) is 15.5. The number of hydrogen-bond acceptors (Lipinski definition) is 3. The highest BCUT2D eigenvalue weighted by Crippen LogP contribution is 2.18. The molecular weight excluding hydrogens is 176 g/mol. The summed E-state index contributed by atoms with van der Waals surface area (Å²) >= 11 is -2.23. The summed E-state index contributed by atoms with van der Waals surface area (Å²) in [5, 5.41) is 0. The summed E-state index contributed by atoms with van der Waals surface area (Å²) in [6, 6.07) is 8.79. The molecule has 0 aromatic heterocycles. The standard InChI is InChI=1S/C8H10O3S/c1-11-8(12(9)10)7-5-3-2-4-6-7/h2-6,8H,1H3,(H,9,10)/p-1. The minimum Gasteiger partial charge on any atom is -0.770 e. The van der Waals surface area contributed by atoms with Crippen LogP contribution in [0.4, 0.5) is 0 Å². The Morgan fingerprint density at radius 3 is 2.42 bits per heavy atom. The Morgan fingerprint density at radius 1 is 1.42 bits per heavy atom. The fourth-order valence-electron chi connectivity index (χ4n) is 0.936. The molecule has 0 saturated carbocycles. The largest absolute Gasteiger partial charge is 0.770 e. The minimum absolute atomic E-state index is 0.647. The van der Waals surface area contributed by atoms with Gasteiger partial charge in [0.15, 0.2) is 0 Å². The molecule has 3 nitrogen and oxygen atoms in total. The van der Waals surface area contributed by atoms with Crippen LogP contribution in [0, 0.1) is 0 Å². The number of methoxy groups -OCH3 is 1. The molecule has 0 fully saturated rings. The van der Waals surface area contributed by atoms with E-state index in [1.165, 1.54) is 7.11 Å². The van der Waals surface area contributed by atoms with Crippen molar-refractivity contribution in [3.8, 4) is 0 Å². The molecule has 12 heavy (non-hydrogen) atoms. The summed E-state index contributed by atoms with van der Waals surface area (Å²) in [7, 11) is 1.37. The Bertz CT molecular complexity index is 260. The zero-order valence-electron chi connectivity index (χ0n) is 6.60. The Hall–Kier alpha value is -0.710. The first-order valence-corrected chi connectivity index (χ1v) is 4.55. The highest BCUT2D eigenvalue weighted by Gasteiger charge is 2.08. The van der Waals surface area contributed by atoms with Crippen molar-refractivity contribution < 1.29 is 13.5 Å². The van der Waals surface area contributed by atoms with Gasteiger partial charge >= 0.3 is 0 Å². The van der Waals surface area contributed by atoms with Crippen molar-refractivity contribution in [2.24, 2.45) is 0 Å². The molecule has 2 unspecified atom stereocenters. The second-order valence-corrected chi connectivity index (χ2v) is 3.19. The van der Waals surface area contributed by atoms with Gasteiger partial charge in [0.25, 0.3) is 0 Å². The molecule has 0 heterocycles. The molecular formula is C8H9O3S-. The molecule has 1 aromatic carbocycles. The van der Waals surface area contributed by atoms with Gasteiger partial charge in [-0.1, -0.05) is 30.3 Å². The van der Waals surface area contributed by atoms with Crippen LogP contribution in [0.2, 0.25) is 0 Å². The van der Waals surface area contributed by atoms with Crippen LogP contribution in [0.5, 0.6) is 0 Å². The van der Waals surface area contributed by atoms with E-state index in [2.05, 4.69) is 0 Å². The molecule has 66 valence electrons. The first-order valence-electron chi connectivity index (χ1n) is 3.41. The minimum atomic E-state index is -2.23. The highest BCUT2D eigenvalue weighted by atomic mass is 32.2. The number of rotatable bonds is 3. The van der Waals surface area contributed by atoms with E-state index in [4.69, 9.17) is 4.74 Å². The Labute approximate surface area is 73.7 Å². The van der Waals surface area contributed by atoms with Crippen molar-refractivity contribution in [1.82, 2.24) is 0 Å². The topological polar surface area (TPSA) is 49.4 Å². The SMILES string of the molecule is COC(c1ccccc1)S(=O)[O-]. The smallest absolute Gasteiger partial charge is 0.144 e. The molecule has 0 amide bonds. The van der Waals surface area contributed by atoms with Crippen molar-refractivity contribution >= 4 is 11.1 Å². The third-order valence-electron chi connectivity index (χ3n) is 1.46. The Morgan fingerprint density at radius 2 is 2.00 bits per heavy atom. The summed E-state index contributed by atoms with van der Waals surface area (Å²) in [6.45, 7) is 0. The quantitative estimate of drug-likeness (QED) is 0.665. The number of benzene rings is 1. The summed E-state index contributed by atoms with van der Waals surface area (Å²) < 4.78 is 26.0. The van der Waals surface area contributed by atoms with Crippen molar-refractivity contribution in [1.29, 1.82) is 0 Å². The van der Waals surface area contributed by atoms with Gasteiger partial charge in [0, 0.05) is 7.11 Å². The first-order chi connectivity index (χ1) is 5.75. The van der Waals surface area contributed by atoms with Gasteiger partial charge in [-0.3, -0.25) is 4.21 Å². The molecule has 0 aliphatic carbocycles. The molecule has 0 saturated heterocycles. The van der Waals surface area contributed by atoms with E-state index >= 15 is 0 Å². The highest BCUT2D eigenvalue weighted by molar-refractivity contribution is 7.79. The van der Waals surface area contributed by atoms with Crippen molar-refractivity contribution in [2.45, 2.75) is 5.44 Å². The maximum absolute atomic E-state index is 10.6. The fourth-order valence-corrected chi connectivity index (χ4v) is 1.47. The summed E-state index contributed by atoms with van der Waals surface area (Å²) in [4.78, 5) is 0. The third kappa shape index (κ3) is 2.14. The summed E-state index contributed by atoms with van der Waals surface area (Å²) in [5.74, 6) is 0. The molecule has 1 aromatic rings. The van der Waals surface area contributed by atoms with E-state index in [1.54, 1.807) is 24.3 Å². The lowest BCUT2D eigenvalue weighted by molar-refractivity contribution is 0.163. The summed E-state index contributed by atoms with van der Waals surface area (Å²) in [6.07, 6.45) is 0. The van der Waals surface area contributed by atoms with Crippen LogP contribution in [0.15, 0.2) is 30.3 Å². The van der Waals surface area contributed by atoms with Gasteiger partial charge in [0.2, 0.25) is 0 Å². The fraction of sp³-hybridized carbons (Fsp3) is 0.250. The van der Waals surface area contributed by atoms with E-state index in [0.717, 1.165) is 0 Å². The van der Waals surface area contributed by atoms with Gasteiger partial charge in [-0.15, -0.1) is 0 Å². The molecule has 1 rings (SSSR count). The zero-order chi connectivity index (χ0) is 8.97. The van der Waals surface area contributed by atoms with Gasteiger partial charge in [0.1, 0.15) is 5.44 Å². The second-order valence-electron chi connectivity index (χ2n) is 2.24.